The van der Waals surface area contributed by atoms with Crippen LogP contribution in [0, 0.1) is 12.1 Å². The van der Waals surface area contributed by atoms with Crippen LogP contribution in [0.15, 0.2) is 164 Å². The Kier molecular flexibility index (Phi) is 11.0. The van der Waals surface area contributed by atoms with Crippen LogP contribution in [0.2, 0.25) is 0 Å². The van der Waals surface area contributed by atoms with Crippen LogP contribution in [0.25, 0.3) is 72.0 Å². The van der Waals surface area contributed by atoms with Gasteiger partial charge in [0.1, 0.15) is 0 Å². The average Bonchev–Trinajstić information content (AvgIpc) is 3.60. The van der Waals surface area contributed by atoms with E-state index in [1.54, 1.807) is 6.20 Å². The Hall–Kier alpha value is -5.67. The quantitative estimate of drug-likeness (QED) is 0.123. The van der Waals surface area contributed by atoms with Gasteiger partial charge in [-0.25, -0.2) is 0 Å². The van der Waals surface area contributed by atoms with E-state index in [0.29, 0.717) is 11.8 Å². The van der Waals surface area contributed by atoms with E-state index in [-0.39, 0.29) is 20.1 Å². The summed E-state index contributed by atoms with van der Waals surface area (Å²) in [7, 11) is 0. The zero-order valence-electron chi connectivity index (χ0n) is 30.9. The predicted octanol–water partition coefficient (Wildman–Crippen LogP) is 13.3. The van der Waals surface area contributed by atoms with Crippen molar-refractivity contribution in [1.82, 2.24) is 14.5 Å². The summed E-state index contributed by atoms with van der Waals surface area (Å²) in [6, 6.07) is 61.8. The number of hydrogen-bond donors (Lipinski definition) is 0. The van der Waals surface area contributed by atoms with Crippen molar-refractivity contribution in [3.63, 3.8) is 0 Å². The molecular weight excluding hydrogens is 835 g/mol. The molecule has 4 heteroatoms. The third-order valence-corrected chi connectivity index (χ3v) is 9.87. The van der Waals surface area contributed by atoms with Crippen LogP contribution in [-0.4, -0.2) is 14.5 Å². The van der Waals surface area contributed by atoms with E-state index in [1.165, 1.54) is 49.5 Å². The van der Waals surface area contributed by atoms with Crippen molar-refractivity contribution >= 4 is 32.6 Å². The van der Waals surface area contributed by atoms with Gasteiger partial charge < -0.3 is 9.55 Å². The third kappa shape index (κ3) is 7.28. The topological polar surface area (TPSA) is 30.7 Å². The minimum atomic E-state index is 0. The number of fused-ring (bicyclic) bond motifs is 4. The first kappa shape index (κ1) is 36.7. The van der Waals surface area contributed by atoms with Crippen LogP contribution in [0.3, 0.4) is 0 Å². The molecule has 0 aliphatic heterocycles. The van der Waals surface area contributed by atoms with Crippen LogP contribution >= 0.6 is 0 Å². The number of rotatable bonds is 6. The molecule has 0 unspecified atom stereocenters. The first-order valence-electron chi connectivity index (χ1n) is 18.4. The maximum Gasteiger partial charge on any atom is 0.0774 e. The van der Waals surface area contributed by atoms with E-state index < -0.39 is 0 Å². The van der Waals surface area contributed by atoms with Crippen LogP contribution in [0.4, 0.5) is 0 Å². The molecule has 0 fully saturated rings. The molecule has 0 N–H and O–H groups in total. The molecule has 3 nitrogen and oxygen atoms in total. The minimum Gasteiger partial charge on any atom is -0.333 e. The molecule has 54 heavy (non-hydrogen) atoms. The normalized spacial score (nSPS) is 11.1. The van der Waals surface area contributed by atoms with Crippen molar-refractivity contribution < 1.29 is 20.1 Å². The molecule has 0 bridgehead atoms. The molecule has 0 saturated heterocycles. The molecule has 1 radical (unpaired) electrons. The Labute approximate surface area is 331 Å². The summed E-state index contributed by atoms with van der Waals surface area (Å²) in [4.78, 5) is 9.46. The van der Waals surface area contributed by atoms with E-state index in [0.717, 1.165) is 33.7 Å². The fraction of sp³-hybridized carbons (Fsp3) is 0.120. The van der Waals surface area contributed by atoms with Gasteiger partial charge in [0.2, 0.25) is 0 Å². The van der Waals surface area contributed by atoms with E-state index >= 15 is 0 Å². The second kappa shape index (κ2) is 16.1. The van der Waals surface area contributed by atoms with Gasteiger partial charge in [-0.05, 0) is 75.5 Å². The summed E-state index contributed by atoms with van der Waals surface area (Å²) in [6.45, 7) is 9.18. The summed E-state index contributed by atoms with van der Waals surface area (Å²) in [5, 5.41) is 4.91. The van der Waals surface area contributed by atoms with Gasteiger partial charge >= 0.3 is 0 Å². The van der Waals surface area contributed by atoms with Crippen molar-refractivity contribution in [2.75, 3.05) is 0 Å². The zero-order chi connectivity index (χ0) is 36.3. The number of benzene rings is 7. The van der Waals surface area contributed by atoms with Crippen molar-refractivity contribution in [2.45, 2.75) is 39.5 Å². The molecule has 0 aliphatic rings. The zero-order valence-corrected chi connectivity index (χ0v) is 33.3. The van der Waals surface area contributed by atoms with Gasteiger partial charge in [0.15, 0.2) is 0 Å². The van der Waals surface area contributed by atoms with E-state index in [9.17, 15) is 0 Å². The largest absolute Gasteiger partial charge is 0.333 e. The molecule has 7 aromatic carbocycles. The van der Waals surface area contributed by atoms with Gasteiger partial charge in [0, 0.05) is 32.0 Å². The average molecular weight is 876 g/mol. The van der Waals surface area contributed by atoms with Gasteiger partial charge in [-0.2, -0.15) is 0 Å². The Morgan fingerprint density at radius 2 is 1.24 bits per heavy atom. The molecule has 9 aromatic rings. The Balaban J connectivity index is 0.000000294. The number of imidazole rings is 1. The Morgan fingerprint density at radius 1 is 0.556 bits per heavy atom. The summed E-state index contributed by atoms with van der Waals surface area (Å²) >= 11 is 0. The number of para-hydroxylation sites is 2. The molecule has 2 aromatic heterocycles. The summed E-state index contributed by atoms with van der Waals surface area (Å²) in [5.41, 5.74) is 11.5. The number of aromatic nitrogens is 3. The van der Waals surface area contributed by atoms with Crippen molar-refractivity contribution in [2.24, 2.45) is 0 Å². The molecule has 0 spiro atoms. The molecule has 9 rings (SSSR count). The smallest absolute Gasteiger partial charge is 0.0774 e. The minimum absolute atomic E-state index is 0. The summed E-state index contributed by atoms with van der Waals surface area (Å²) in [5.74, 6) is 1.58. The second-order valence-electron chi connectivity index (χ2n) is 14.1. The third-order valence-electron chi connectivity index (χ3n) is 9.87. The Bertz CT molecular complexity index is 2600. The standard InChI is InChI=1S/C39H33N2.C11H8N.Ir/c1-25(2)34-23-31(27-12-6-5-7-13-27)24-35(26(3)4)38(34)41-37-17-11-10-16-36(37)40-39(41)30-20-21-33-29(22-30)19-18-28-14-8-9-15-32(28)33;1-2-6-10(7-3-1)11-8-4-5-9-12-11;/h5-19,21-26H,1-4H3;1-6,8-9H;/q2*-1;. The summed E-state index contributed by atoms with van der Waals surface area (Å²) in [6.07, 6.45) is 1.79. The van der Waals surface area contributed by atoms with Crippen molar-refractivity contribution in [3.8, 4) is 39.5 Å². The fourth-order valence-electron chi connectivity index (χ4n) is 7.20. The SMILES string of the molecule is CC(C)c1cc(-c2ccccc2)cc(C(C)C)c1-n1c(-c2[c-]cc3c(ccc4ccccc43)c2)nc2ccccc21.[Ir].[c-]1ccccc1-c1ccccn1. The monoisotopic (exact) mass is 876 g/mol. The van der Waals surface area contributed by atoms with Gasteiger partial charge in [-0.3, -0.25) is 4.98 Å². The van der Waals surface area contributed by atoms with Gasteiger partial charge in [-0.15, -0.1) is 65.0 Å². The molecule has 267 valence electrons. The maximum absolute atomic E-state index is 5.24. The molecule has 0 atom stereocenters. The maximum atomic E-state index is 5.24. The van der Waals surface area contributed by atoms with E-state index in [4.69, 9.17) is 4.98 Å². The van der Waals surface area contributed by atoms with Gasteiger partial charge in [0.05, 0.1) is 16.9 Å². The van der Waals surface area contributed by atoms with Gasteiger partial charge in [-0.1, -0.05) is 129 Å². The molecule has 0 amide bonds. The number of pyridine rings is 1. The number of hydrogen-bond acceptors (Lipinski definition) is 2. The molecule has 2 heterocycles. The predicted molar refractivity (Wildman–Crippen MR) is 222 cm³/mol. The first-order chi connectivity index (χ1) is 26.0. The van der Waals surface area contributed by atoms with Crippen LogP contribution < -0.4 is 0 Å². The summed E-state index contributed by atoms with van der Waals surface area (Å²) < 4.78 is 2.40. The Morgan fingerprint density at radius 3 is 1.96 bits per heavy atom. The molecule has 0 aliphatic carbocycles. The molecular formula is C50H41IrN3-2. The fourth-order valence-corrected chi connectivity index (χ4v) is 7.20. The number of nitrogens with zero attached hydrogens (tertiary/aromatic N) is 3. The molecule has 0 saturated carbocycles. The van der Waals surface area contributed by atoms with E-state index in [1.807, 2.05) is 42.5 Å². The van der Waals surface area contributed by atoms with Crippen LogP contribution in [0.5, 0.6) is 0 Å². The van der Waals surface area contributed by atoms with Gasteiger partial charge in [0.25, 0.3) is 0 Å². The second-order valence-corrected chi connectivity index (χ2v) is 14.1. The first-order valence-corrected chi connectivity index (χ1v) is 18.4. The van der Waals surface area contributed by atoms with Crippen LogP contribution in [0.1, 0.15) is 50.7 Å². The van der Waals surface area contributed by atoms with Crippen LogP contribution in [-0.2, 0) is 20.1 Å². The van der Waals surface area contributed by atoms with Crippen molar-refractivity contribution in [3.05, 3.63) is 187 Å². The van der Waals surface area contributed by atoms with E-state index in [2.05, 4.69) is 165 Å². The van der Waals surface area contributed by atoms with Crippen molar-refractivity contribution in [1.29, 1.82) is 0 Å².